The maximum Gasteiger partial charge on any atom is 0.225 e. The zero-order valence-electron chi connectivity index (χ0n) is 10.8. The molecule has 1 aromatic heterocycles. The van der Waals surface area contributed by atoms with Crippen LogP contribution in [0, 0.1) is 6.92 Å². The van der Waals surface area contributed by atoms with Crippen LogP contribution in [0.15, 0.2) is 6.20 Å². The molecule has 1 aliphatic rings. The van der Waals surface area contributed by atoms with E-state index in [4.69, 9.17) is 5.11 Å². The lowest BCUT2D eigenvalue weighted by Gasteiger charge is -2.28. The Morgan fingerprint density at radius 1 is 1.33 bits per heavy atom. The van der Waals surface area contributed by atoms with E-state index in [1.807, 2.05) is 6.92 Å². The van der Waals surface area contributed by atoms with Gasteiger partial charge in [0.1, 0.15) is 0 Å². The van der Waals surface area contributed by atoms with Crippen molar-refractivity contribution in [3.8, 4) is 0 Å². The first-order valence-electron chi connectivity index (χ1n) is 6.57. The zero-order chi connectivity index (χ0) is 13.0. The Balaban J connectivity index is 2.21. The minimum absolute atomic E-state index is 0.0322. The van der Waals surface area contributed by atoms with Crippen molar-refractivity contribution in [1.29, 1.82) is 0 Å². The summed E-state index contributed by atoms with van der Waals surface area (Å²) in [5.41, 5.74) is 1.57. The van der Waals surface area contributed by atoms with Gasteiger partial charge in [-0.1, -0.05) is 12.8 Å². The van der Waals surface area contributed by atoms with Crippen LogP contribution in [-0.4, -0.2) is 39.4 Å². The molecule has 1 aromatic rings. The van der Waals surface area contributed by atoms with Gasteiger partial charge < -0.3 is 15.1 Å². The van der Waals surface area contributed by atoms with Gasteiger partial charge in [-0.05, 0) is 19.8 Å². The summed E-state index contributed by atoms with van der Waals surface area (Å²) in [6.45, 7) is 2.53. The van der Waals surface area contributed by atoms with E-state index >= 15 is 0 Å². The average Bonchev–Trinajstić information content (AvgIpc) is 2.89. The van der Waals surface area contributed by atoms with Crippen LogP contribution < -0.4 is 4.90 Å². The summed E-state index contributed by atoms with van der Waals surface area (Å²) >= 11 is 0. The van der Waals surface area contributed by atoms with Crippen molar-refractivity contribution < 1.29 is 10.2 Å². The van der Waals surface area contributed by atoms with Crippen molar-refractivity contribution in [2.24, 2.45) is 0 Å². The molecule has 1 aliphatic carbocycles. The molecule has 0 radical (unpaired) electrons. The molecule has 0 unspecified atom stereocenters. The third-order valence-corrected chi connectivity index (χ3v) is 3.60. The first-order chi connectivity index (χ1) is 8.76. The second kappa shape index (κ2) is 6.11. The van der Waals surface area contributed by atoms with Gasteiger partial charge in [0.05, 0.1) is 13.2 Å². The summed E-state index contributed by atoms with van der Waals surface area (Å²) in [5.74, 6) is 0.672. The summed E-state index contributed by atoms with van der Waals surface area (Å²) in [5, 5.41) is 18.3. The highest BCUT2D eigenvalue weighted by atomic mass is 16.3. The largest absolute Gasteiger partial charge is 0.395 e. The molecule has 0 aliphatic heterocycles. The molecule has 2 rings (SSSR count). The van der Waals surface area contributed by atoms with E-state index in [1.54, 1.807) is 6.20 Å². The fourth-order valence-corrected chi connectivity index (χ4v) is 2.54. The van der Waals surface area contributed by atoms with Crippen LogP contribution in [0.2, 0.25) is 0 Å². The quantitative estimate of drug-likeness (QED) is 0.817. The monoisotopic (exact) mass is 251 g/mol. The van der Waals surface area contributed by atoms with Gasteiger partial charge in [0.2, 0.25) is 5.95 Å². The lowest BCUT2D eigenvalue weighted by molar-refractivity contribution is 0.279. The van der Waals surface area contributed by atoms with E-state index in [0.29, 0.717) is 18.5 Å². The maximum atomic E-state index is 9.19. The molecule has 1 fully saturated rings. The smallest absolute Gasteiger partial charge is 0.225 e. The van der Waals surface area contributed by atoms with E-state index in [0.717, 1.165) is 24.1 Å². The Morgan fingerprint density at radius 2 is 2.06 bits per heavy atom. The fourth-order valence-electron chi connectivity index (χ4n) is 2.54. The second-order valence-corrected chi connectivity index (χ2v) is 4.79. The predicted molar refractivity (Wildman–Crippen MR) is 69.4 cm³/mol. The highest BCUT2D eigenvalue weighted by Gasteiger charge is 2.24. The van der Waals surface area contributed by atoms with Crippen molar-refractivity contribution in [3.05, 3.63) is 17.5 Å². The first kappa shape index (κ1) is 13.2. The van der Waals surface area contributed by atoms with Crippen molar-refractivity contribution in [3.63, 3.8) is 0 Å². The van der Waals surface area contributed by atoms with E-state index in [1.165, 1.54) is 12.8 Å². The average molecular weight is 251 g/mol. The van der Waals surface area contributed by atoms with E-state index in [2.05, 4.69) is 14.9 Å². The highest BCUT2D eigenvalue weighted by molar-refractivity contribution is 5.34. The van der Waals surface area contributed by atoms with Crippen LogP contribution in [0.5, 0.6) is 0 Å². The van der Waals surface area contributed by atoms with Gasteiger partial charge in [-0.15, -0.1) is 0 Å². The SMILES string of the molecule is Cc1nc(N(CCO)C2CCCC2)ncc1CO. The Kier molecular flexibility index (Phi) is 4.49. The number of hydrogen-bond acceptors (Lipinski definition) is 5. The number of aromatic nitrogens is 2. The van der Waals surface area contributed by atoms with Gasteiger partial charge in [-0.25, -0.2) is 9.97 Å². The van der Waals surface area contributed by atoms with E-state index in [9.17, 15) is 5.11 Å². The van der Waals surface area contributed by atoms with Crippen LogP contribution in [-0.2, 0) is 6.61 Å². The predicted octanol–water partition coefficient (Wildman–Crippen LogP) is 1.02. The molecule has 5 heteroatoms. The Bertz CT molecular complexity index is 392. The summed E-state index contributed by atoms with van der Waals surface area (Å²) in [6, 6.07) is 0.441. The molecule has 5 nitrogen and oxygen atoms in total. The van der Waals surface area contributed by atoms with Crippen molar-refractivity contribution in [2.75, 3.05) is 18.1 Å². The van der Waals surface area contributed by atoms with E-state index < -0.39 is 0 Å². The summed E-state index contributed by atoms with van der Waals surface area (Å²) in [4.78, 5) is 10.9. The zero-order valence-corrected chi connectivity index (χ0v) is 10.8. The lowest BCUT2D eigenvalue weighted by atomic mass is 10.2. The van der Waals surface area contributed by atoms with Gasteiger partial charge in [0.15, 0.2) is 0 Å². The number of rotatable bonds is 5. The lowest BCUT2D eigenvalue weighted by Crippen LogP contribution is -2.37. The molecule has 2 N–H and O–H groups in total. The Labute approximate surface area is 107 Å². The molecule has 0 bridgehead atoms. The standard InChI is InChI=1S/C13H21N3O2/c1-10-11(9-18)8-14-13(15-10)16(6-7-17)12-4-2-3-5-12/h8,12,17-18H,2-7,9H2,1H3. The molecular formula is C13H21N3O2. The molecule has 0 aromatic carbocycles. The van der Waals surface area contributed by atoms with Crippen LogP contribution in [0.4, 0.5) is 5.95 Å². The molecule has 18 heavy (non-hydrogen) atoms. The van der Waals surface area contributed by atoms with Crippen molar-refractivity contribution in [1.82, 2.24) is 9.97 Å². The molecule has 1 saturated carbocycles. The Morgan fingerprint density at radius 3 is 2.61 bits per heavy atom. The van der Waals surface area contributed by atoms with Gasteiger partial charge in [-0.2, -0.15) is 0 Å². The van der Waals surface area contributed by atoms with Gasteiger partial charge >= 0.3 is 0 Å². The molecular weight excluding hydrogens is 230 g/mol. The summed E-state index contributed by atoms with van der Waals surface area (Å²) in [6.07, 6.45) is 6.44. The minimum Gasteiger partial charge on any atom is -0.395 e. The third-order valence-electron chi connectivity index (χ3n) is 3.60. The summed E-state index contributed by atoms with van der Waals surface area (Å²) in [7, 11) is 0. The first-order valence-corrected chi connectivity index (χ1v) is 6.57. The molecule has 0 spiro atoms. The van der Waals surface area contributed by atoms with Gasteiger partial charge in [-0.3, -0.25) is 0 Å². The molecule has 0 amide bonds. The number of aliphatic hydroxyl groups excluding tert-OH is 2. The van der Waals surface area contributed by atoms with Crippen molar-refractivity contribution >= 4 is 5.95 Å². The number of nitrogens with zero attached hydrogens (tertiary/aromatic N) is 3. The normalized spacial score (nSPS) is 16.2. The van der Waals surface area contributed by atoms with Crippen molar-refractivity contribution in [2.45, 2.75) is 45.3 Å². The number of hydrogen-bond donors (Lipinski definition) is 2. The number of aliphatic hydroxyl groups is 2. The van der Waals surface area contributed by atoms with Crippen LogP contribution in [0.25, 0.3) is 0 Å². The molecule has 100 valence electrons. The van der Waals surface area contributed by atoms with Crippen LogP contribution in [0.3, 0.4) is 0 Å². The maximum absolute atomic E-state index is 9.19. The van der Waals surface area contributed by atoms with Crippen LogP contribution in [0.1, 0.15) is 36.9 Å². The molecule has 1 heterocycles. The van der Waals surface area contributed by atoms with Gasteiger partial charge in [0.25, 0.3) is 0 Å². The highest BCUT2D eigenvalue weighted by Crippen LogP contribution is 2.26. The minimum atomic E-state index is -0.0322. The fraction of sp³-hybridized carbons (Fsp3) is 0.692. The van der Waals surface area contributed by atoms with E-state index in [-0.39, 0.29) is 13.2 Å². The Hall–Kier alpha value is -1.20. The molecule has 0 atom stereocenters. The third kappa shape index (κ3) is 2.79. The number of anilines is 1. The van der Waals surface area contributed by atoms with Gasteiger partial charge in [0, 0.05) is 30.0 Å². The summed E-state index contributed by atoms with van der Waals surface area (Å²) < 4.78 is 0. The second-order valence-electron chi connectivity index (χ2n) is 4.79. The van der Waals surface area contributed by atoms with Crippen LogP contribution >= 0.6 is 0 Å². The molecule has 0 saturated heterocycles. The topological polar surface area (TPSA) is 69.5 Å². The number of aryl methyl sites for hydroxylation is 1.